The van der Waals surface area contributed by atoms with Crippen LogP contribution in [0.15, 0.2) is 60.7 Å². The summed E-state index contributed by atoms with van der Waals surface area (Å²) in [4.78, 5) is 0. The van der Waals surface area contributed by atoms with E-state index in [-0.39, 0.29) is 10.8 Å². The second-order valence-corrected chi connectivity index (χ2v) is 17.7. The lowest BCUT2D eigenvalue weighted by molar-refractivity contribution is 0.264. The van der Waals surface area contributed by atoms with Gasteiger partial charge in [-0.25, -0.2) is 0 Å². The largest absolute Gasteiger partial charge is 0.0654 e. The Bertz CT molecular complexity index is 1370. The van der Waals surface area contributed by atoms with Crippen LogP contribution in [0.2, 0.25) is 0 Å². The third-order valence-corrected chi connectivity index (χ3v) is 14.4. The van der Waals surface area contributed by atoms with Crippen LogP contribution in [0.4, 0.5) is 0 Å². The Kier molecular flexibility index (Phi) is 15.2. The molecule has 286 valence electrons. The van der Waals surface area contributed by atoms with Crippen molar-refractivity contribution in [1.82, 2.24) is 0 Å². The zero-order valence-corrected chi connectivity index (χ0v) is 35.2. The minimum atomic E-state index is 0.0874. The van der Waals surface area contributed by atoms with Gasteiger partial charge in [-0.1, -0.05) is 207 Å². The highest BCUT2D eigenvalue weighted by molar-refractivity contribution is 5.90. The van der Waals surface area contributed by atoms with Gasteiger partial charge in [-0.3, -0.25) is 0 Å². The summed E-state index contributed by atoms with van der Waals surface area (Å²) in [6.07, 6.45) is 26.4. The molecule has 0 radical (unpaired) electrons. The van der Waals surface area contributed by atoms with Gasteiger partial charge in [0, 0.05) is 10.8 Å². The van der Waals surface area contributed by atoms with Crippen LogP contribution < -0.4 is 0 Å². The van der Waals surface area contributed by atoms with Crippen LogP contribution in [0, 0.1) is 23.7 Å². The highest BCUT2D eigenvalue weighted by Gasteiger charge is 2.50. The third-order valence-electron chi connectivity index (χ3n) is 14.4. The van der Waals surface area contributed by atoms with E-state index < -0.39 is 0 Å². The lowest BCUT2D eigenvalue weighted by Crippen LogP contribution is -2.32. The Morgan fingerprint density at radius 1 is 0.365 bits per heavy atom. The maximum Gasteiger partial charge on any atom is 0.0220 e. The van der Waals surface area contributed by atoms with Crippen LogP contribution in [-0.4, -0.2) is 0 Å². The van der Waals surface area contributed by atoms with Gasteiger partial charge in [-0.15, -0.1) is 0 Å². The summed E-state index contributed by atoms with van der Waals surface area (Å²) in [5, 5.41) is 0. The van der Waals surface area contributed by atoms with Crippen molar-refractivity contribution in [2.45, 2.75) is 195 Å². The molecular weight excluding hydrogens is 625 g/mol. The van der Waals surface area contributed by atoms with Crippen LogP contribution >= 0.6 is 0 Å². The van der Waals surface area contributed by atoms with Crippen LogP contribution in [-0.2, 0) is 10.8 Å². The standard InChI is InChI=1S/C52H78/c1-9-17-25-39(13-5)35-51(36-40(14-6)26-18-10-2)47-31-23-21-29-43(47)45-34-50-46(33-49(45)51)44-30-22-24-32-48(44)52(50,37-41(15-7)27-19-11-3)38-42(16-8)28-20-12-4/h21-24,29-34,39-42H,9-20,25-28,35-38H2,1-8H3. The molecule has 52 heavy (non-hydrogen) atoms. The number of rotatable bonds is 24. The SMILES string of the molecule is CCCCC(CC)CC1(CC(CC)CCCC)c2ccccc2-c2cc3c(cc21)-c1ccccc1C3(CC(CC)CCCC)CC(CC)CCCC. The number of hydrogen-bond donors (Lipinski definition) is 0. The average molecular weight is 703 g/mol. The van der Waals surface area contributed by atoms with Crippen molar-refractivity contribution in [2.24, 2.45) is 23.7 Å². The first kappa shape index (κ1) is 40.8. The van der Waals surface area contributed by atoms with Gasteiger partial charge >= 0.3 is 0 Å². The van der Waals surface area contributed by atoms with E-state index >= 15 is 0 Å². The average Bonchev–Trinajstić information content (AvgIpc) is 3.60. The molecule has 0 spiro atoms. The van der Waals surface area contributed by atoms with Gasteiger partial charge in [0.1, 0.15) is 0 Å². The molecule has 0 nitrogen and oxygen atoms in total. The van der Waals surface area contributed by atoms with E-state index in [2.05, 4.69) is 116 Å². The van der Waals surface area contributed by atoms with Gasteiger partial charge in [0.05, 0.1) is 0 Å². The minimum Gasteiger partial charge on any atom is -0.0654 e. The lowest BCUT2D eigenvalue weighted by Gasteiger charge is -2.40. The zero-order chi connectivity index (χ0) is 37.1. The molecule has 0 amide bonds. The summed E-state index contributed by atoms with van der Waals surface area (Å²) in [5.41, 5.74) is 13.1. The molecule has 2 aliphatic carbocycles. The van der Waals surface area contributed by atoms with Gasteiger partial charge in [-0.2, -0.15) is 0 Å². The van der Waals surface area contributed by atoms with Crippen molar-refractivity contribution in [3.05, 3.63) is 82.9 Å². The van der Waals surface area contributed by atoms with Gasteiger partial charge in [0.2, 0.25) is 0 Å². The number of unbranched alkanes of at least 4 members (excludes halogenated alkanes) is 4. The first-order valence-corrected chi connectivity index (χ1v) is 22.8. The molecule has 5 rings (SSSR count). The molecule has 0 bridgehead atoms. The van der Waals surface area contributed by atoms with Crippen LogP contribution in [0.25, 0.3) is 22.3 Å². The van der Waals surface area contributed by atoms with E-state index in [0.29, 0.717) is 0 Å². The van der Waals surface area contributed by atoms with E-state index in [1.165, 1.54) is 128 Å². The maximum atomic E-state index is 2.82. The molecule has 4 unspecified atom stereocenters. The lowest BCUT2D eigenvalue weighted by atomic mass is 9.63. The Morgan fingerprint density at radius 3 is 0.923 bits per heavy atom. The summed E-state index contributed by atoms with van der Waals surface area (Å²) in [6.45, 7) is 19.4. The molecule has 3 aromatic carbocycles. The minimum absolute atomic E-state index is 0.0874. The van der Waals surface area contributed by atoms with E-state index in [1.807, 2.05) is 0 Å². The maximum absolute atomic E-state index is 2.82. The fourth-order valence-electron chi connectivity index (χ4n) is 11.2. The molecule has 3 aromatic rings. The van der Waals surface area contributed by atoms with E-state index in [1.54, 1.807) is 44.5 Å². The van der Waals surface area contributed by atoms with E-state index in [9.17, 15) is 0 Å². The third kappa shape index (κ3) is 8.32. The summed E-state index contributed by atoms with van der Waals surface area (Å²) in [7, 11) is 0. The van der Waals surface area contributed by atoms with Crippen LogP contribution in [0.1, 0.15) is 206 Å². The zero-order valence-electron chi connectivity index (χ0n) is 35.2. The Balaban J connectivity index is 1.78. The monoisotopic (exact) mass is 703 g/mol. The molecule has 2 aliphatic rings. The summed E-state index contributed by atoms with van der Waals surface area (Å²) >= 11 is 0. The fraction of sp³-hybridized carbons (Fsp3) is 0.654. The molecular formula is C52H78. The Hall–Kier alpha value is -2.34. The molecule has 0 fully saturated rings. The Labute approximate surface area is 322 Å². The molecule has 0 aliphatic heterocycles. The normalized spacial score (nSPS) is 20.9. The van der Waals surface area contributed by atoms with Gasteiger partial charge < -0.3 is 0 Å². The second-order valence-electron chi connectivity index (χ2n) is 17.7. The molecule has 0 aromatic heterocycles. The van der Waals surface area contributed by atoms with Crippen molar-refractivity contribution in [2.75, 3.05) is 0 Å². The first-order chi connectivity index (χ1) is 25.4. The highest BCUT2D eigenvalue weighted by Crippen LogP contribution is 2.62. The van der Waals surface area contributed by atoms with Crippen molar-refractivity contribution >= 4 is 0 Å². The summed E-state index contributed by atoms with van der Waals surface area (Å²) in [5.74, 6) is 3.04. The van der Waals surface area contributed by atoms with Crippen molar-refractivity contribution < 1.29 is 0 Å². The molecule has 0 heterocycles. The van der Waals surface area contributed by atoms with Crippen molar-refractivity contribution in [3.63, 3.8) is 0 Å². The van der Waals surface area contributed by atoms with E-state index in [0.717, 1.165) is 23.7 Å². The molecule has 0 saturated carbocycles. The quantitative estimate of drug-likeness (QED) is 0.0872. The molecule has 4 atom stereocenters. The first-order valence-electron chi connectivity index (χ1n) is 22.8. The van der Waals surface area contributed by atoms with Crippen LogP contribution in [0.5, 0.6) is 0 Å². The predicted molar refractivity (Wildman–Crippen MR) is 231 cm³/mol. The van der Waals surface area contributed by atoms with Crippen molar-refractivity contribution in [1.29, 1.82) is 0 Å². The molecule has 0 heteroatoms. The smallest absolute Gasteiger partial charge is 0.0220 e. The molecule has 0 N–H and O–H groups in total. The van der Waals surface area contributed by atoms with Crippen LogP contribution in [0.3, 0.4) is 0 Å². The van der Waals surface area contributed by atoms with Gasteiger partial charge in [0.25, 0.3) is 0 Å². The number of benzene rings is 3. The van der Waals surface area contributed by atoms with Gasteiger partial charge in [0.15, 0.2) is 0 Å². The van der Waals surface area contributed by atoms with Crippen molar-refractivity contribution in [3.8, 4) is 22.3 Å². The fourth-order valence-corrected chi connectivity index (χ4v) is 11.2. The van der Waals surface area contributed by atoms with Gasteiger partial charge in [-0.05, 0) is 106 Å². The summed E-state index contributed by atoms with van der Waals surface area (Å²) in [6, 6.07) is 25.2. The topological polar surface area (TPSA) is 0 Å². The number of hydrogen-bond acceptors (Lipinski definition) is 0. The second kappa shape index (κ2) is 19.3. The Morgan fingerprint density at radius 2 is 0.654 bits per heavy atom. The molecule has 0 saturated heterocycles. The number of fused-ring (bicyclic) bond motifs is 6. The predicted octanol–water partition coefficient (Wildman–Crippen LogP) is 16.6. The highest BCUT2D eigenvalue weighted by atomic mass is 14.5. The summed E-state index contributed by atoms with van der Waals surface area (Å²) < 4.78 is 0. The van der Waals surface area contributed by atoms with E-state index in [4.69, 9.17) is 0 Å².